The Hall–Kier alpha value is -4.20. The van der Waals surface area contributed by atoms with Gasteiger partial charge in [-0.05, 0) is 43.2 Å². The van der Waals surface area contributed by atoms with Crippen LogP contribution in [0.3, 0.4) is 0 Å². The molecule has 0 bridgehead atoms. The van der Waals surface area contributed by atoms with Crippen molar-refractivity contribution in [3.63, 3.8) is 0 Å². The summed E-state index contributed by atoms with van der Waals surface area (Å²) in [6, 6.07) is 14.3. The molecule has 0 radical (unpaired) electrons. The SMILES string of the molecule is Cc1ccccc1NC(=O)C(=Cc1cn(C)c(=O)n(C)c1=O)C(=O)Nc1ccccc1C. The highest BCUT2D eigenvalue weighted by Gasteiger charge is 2.21. The highest BCUT2D eigenvalue weighted by Crippen LogP contribution is 2.18. The zero-order chi connectivity index (χ0) is 23.4. The minimum atomic E-state index is -0.679. The molecule has 2 amide bonds. The van der Waals surface area contributed by atoms with Crippen LogP contribution in [0.5, 0.6) is 0 Å². The molecular weight excluding hydrogens is 408 g/mol. The van der Waals surface area contributed by atoms with Crippen molar-refractivity contribution < 1.29 is 9.59 Å². The molecule has 0 fully saturated rings. The molecule has 3 aromatic rings. The summed E-state index contributed by atoms with van der Waals surface area (Å²) in [5.74, 6) is -1.36. The van der Waals surface area contributed by atoms with Gasteiger partial charge in [0.1, 0.15) is 5.57 Å². The van der Waals surface area contributed by atoms with Crippen LogP contribution in [-0.2, 0) is 23.7 Å². The second kappa shape index (κ2) is 9.30. The van der Waals surface area contributed by atoms with Gasteiger partial charge < -0.3 is 15.2 Å². The van der Waals surface area contributed by atoms with Crippen molar-refractivity contribution in [1.82, 2.24) is 9.13 Å². The number of nitrogens with one attached hydrogen (secondary N) is 2. The van der Waals surface area contributed by atoms with Crippen LogP contribution in [0.1, 0.15) is 16.7 Å². The third-order valence-corrected chi connectivity index (χ3v) is 5.05. The molecule has 8 heteroatoms. The van der Waals surface area contributed by atoms with Crippen LogP contribution in [0.2, 0.25) is 0 Å². The lowest BCUT2D eigenvalue weighted by molar-refractivity contribution is -0.118. The third-order valence-electron chi connectivity index (χ3n) is 5.05. The van der Waals surface area contributed by atoms with Crippen molar-refractivity contribution in [3.8, 4) is 0 Å². The van der Waals surface area contributed by atoms with Crippen molar-refractivity contribution in [1.29, 1.82) is 0 Å². The molecule has 0 saturated carbocycles. The quantitative estimate of drug-likeness (QED) is 0.367. The molecule has 0 unspecified atom stereocenters. The summed E-state index contributed by atoms with van der Waals surface area (Å²) in [4.78, 5) is 50.8. The molecule has 0 aliphatic heterocycles. The zero-order valence-electron chi connectivity index (χ0n) is 18.3. The molecule has 164 valence electrons. The van der Waals surface area contributed by atoms with Crippen molar-refractivity contribution >= 4 is 29.3 Å². The number of anilines is 2. The lowest BCUT2D eigenvalue weighted by atomic mass is 10.1. The lowest BCUT2D eigenvalue weighted by Gasteiger charge is -2.13. The maximum absolute atomic E-state index is 13.1. The van der Waals surface area contributed by atoms with E-state index in [0.29, 0.717) is 11.4 Å². The largest absolute Gasteiger partial charge is 0.330 e. The van der Waals surface area contributed by atoms with E-state index in [2.05, 4.69) is 10.6 Å². The number of hydrogen-bond donors (Lipinski definition) is 2. The highest BCUT2D eigenvalue weighted by atomic mass is 16.2. The number of carbonyl (C=O) groups excluding carboxylic acids is 2. The number of amides is 2. The predicted molar refractivity (Wildman–Crippen MR) is 125 cm³/mol. The molecule has 0 atom stereocenters. The fraction of sp³-hybridized carbons (Fsp3) is 0.167. The van der Waals surface area contributed by atoms with Crippen LogP contribution in [0.25, 0.3) is 6.08 Å². The van der Waals surface area contributed by atoms with E-state index in [1.165, 1.54) is 30.9 Å². The molecule has 32 heavy (non-hydrogen) atoms. The predicted octanol–water partition coefficient (Wildman–Crippen LogP) is 2.36. The molecule has 0 aliphatic rings. The molecule has 2 N–H and O–H groups in total. The first-order valence-corrected chi connectivity index (χ1v) is 9.91. The standard InChI is InChI=1S/C24H24N4O4/c1-15-9-5-7-11-19(15)25-21(29)18(22(30)26-20-12-8-6-10-16(20)2)13-17-14-27(3)24(32)28(4)23(17)31/h5-14H,1-4H3,(H,25,29)(H,26,30). The van der Waals surface area contributed by atoms with E-state index < -0.39 is 23.1 Å². The molecule has 1 aromatic heterocycles. The summed E-state index contributed by atoms with van der Waals surface area (Å²) in [6.07, 6.45) is 2.50. The van der Waals surface area contributed by atoms with Gasteiger partial charge in [0, 0.05) is 31.7 Å². The normalized spacial score (nSPS) is 10.4. The smallest absolute Gasteiger partial charge is 0.322 e. The molecule has 0 saturated heterocycles. The molecule has 2 aromatic carbocycles. The Balaban J connectivity index is 2.08. The van der Waals surface area contributed by atoms with E-state index in [4.69, 9.17) is 0 Å². The van der Waals surface area contributed by atoms with Crippen molar-refractivity contribution in [3.05, 3.63) is 97.8 Å². The number of rotatable bonds is 5. The van der Waals surface area contributed by atoms with E-state index >= 15 is 0 Å². The number of para-hydroxylation sites is 2. The number of hydrogen-bond acceptors (Lipinski definition) is 4. The van der Waals surface area contributed by atoms with Crippen LogP contribution in [0.4, 0.5) is 11.4 Å². The van der Waals surface area contributed by atoms with E-state index in [-0.39, 0.29) is 11.1 Å². The van der Waals surface area contributed by atoms with Crippen molar-refractivity contribution in [2.75, 3.05) is 10.6 Å². The number of nitrogens with zero attached hydrogens (tertiary/aromatic N) is 2. The topological polar surface area (TPSA) is 102 Å². The summed E-state index contributed by atoms with van der Waals surface area (Å²) < 4.78 is 2.13. The van der Waals surface area contributed by atoms with Gasteiger partial charge in [0.05, 0.1) is 5.56 Å². The second-order valence-corrected chi connectivity index (χ2v) is 7.44. The first-order chi connectivity index (χ1) is 15.2. The Kier molecular flexibility index (Phi) is 6.53. The second-order valence-electron chi connectivity index (χ2n) is 7.44. The number of benzene rings is 2. The summed E-state index contributed by atoms with van der Waals surface area (Å²) in [5, 5.41) is 5.45. The number of aryl methyl sites for hydroxylation is 3. The van der Waals surface area contributed by atoms with E-state index in [1.54, 1.807) is 24.3 Å². The molecule has 0 spiro atoms. The molecule has 3 rings (SSSR count). The Morgan fingerprint density at radius 1 is 0.812 bits per heavy atom. The van der Waals surface area contributed by atoms with Gasteiger partial charge in [-0.3, -0.25) is 19.0 Å². The van der Waals surface area contributed by atoms with Crippen LogP contribution in [0, 0.1) is 13.8 Å². The molecule has 8 nitrogen and oxygen atoms in total. The minimum Gasteiger partial charge on any atom is -0.322 e. The van der Waals surface area contributed by atoms with E-state index in [9.17, 15) is 19.2 Å². The van der Waals surface area contributed by atoms with Crippen LogP contribution in [-0.4, -0.2) is 20.9 Å². The zero-order valence-corrected chi connectivity index (χ0v) is 18.3. The average Bonchev–Trinajstić information content (AvgIpc) is 2.76. The maximum Gasteiger partial charge on any atom is 0.330 e. The Labute approximate surface area is 184 Å². The summed E-state index contributed by atoms with van der Waals surface area (Å²) in [7, 11) is 2.82. The lowest BCUT2D eigenvalue weighted by Crippen LogP contribution is -2.38. The van der Waals surface area contributed by atoms with Gasteiger partial charge in [-0.1, -0.05) is 36.4 Å². The Morgan fingerprint density at radius 3 is 1.75 bits per heavy atom. The van der Waals surface area contributed by atoms with Gasteiger partial charge >= 0.3 is 5.69 Å². The van der Waals surface area contributed by atoms with Crippen molar-refractivity contribution in [2.24, 2.45) is 14.1 Å². The van der Waals surface area contributed by atoms with Gasteiger partial charge in [-0.2, -0.15) is 0 Å². The molecule has 0 aliphatic carbocycles. The Morgan fingerprint density at radius 2 is 1.28 bits per heavy atom. The summed E-state index contributed by atoms with van der Waals surface area (Å²) in [5.41, 5.74) is 1.35. The number of aromatic nitrogens is 2. The van der Waals surface area contributed by atoms with Crippen LogP contribution >= 0.6 is 0 Å². The van der Waals surface area contributed by atoms with E-state index in [0.717, 1.165) is 15.7 Å². The molecular formula is C24H24N4O4. The monoisotopic (exact) mass is 432 g/mol. The van der Waals surface area contributed by atoms with Crippen molar-refractivity contribution in [2.45, 2.75) is 13.8 Å². The van der Waals surface area contributed by atoms with Crippen LogP contribution < -0.4 is 21.9 Å². The average molecular weight is 432 g/mol. The number of carbonyl (C=O) groups is 2. The van der Waals surface area contributed by atoms with Gasteiger partial charge in [-0.15, -0.1) is 0 Å². The third kappa shape index (κ3) is 4.75. The first kappa shape index (κ1) is 22.5. The first-order valence-electron chi connectivity index (χ1n) is 9.91. The van der Waals surface area contributed by atoms with Crippen LogP contribution in [0.15, 0.2) is 69.9 Å². The molecule has 1 heterocycles. The van der Waals surface area contributed by atoms with Gasteiger partial charge in [0.2, 0.25) is 0 Å². The highest BCUT2D eigenvalue weighted by molar-refractivity contribution is 6.29. The Bertz CT molecular complexity index is 1290. The fourth-order valence-corrected chi connectivity index (χ4v) is 3.13. The van der Waals surface area contributed by atoms with Gasteiger partial charge in [-0.25, -0.2) is 4.79 Å². The fourth-order valence-electron chi connectivity index (χ4n) is 3.13. The summed E-state index contributed by atoms with van der Waals surface area (Å²) >= 11 is 0. The maximum atomic E-state index is 13.1. The van der Waals surface area contributed by atoms with Gasteiger partial charge in [0.25, 0.3) is 17.4 Å². The van der Waals surface area contributed by atoms with Gasteiger partial charge in [0.15, 0.2) is 0 Å². The van der Waals surface area contributed by atoms with E-state index in [1.807, 2.05) is 38.1 Å². The minimum absolute atomic E-state index is 0.0319. The summed E-state index contributed by atoms with van der Waals surface area (Å²) in [6.45, 7) is 3.66.